The minimum Gasteiger partial charge on any atom is -0.370 e. The molecule has 1 atom stereocenters. The molecular weight excluding hydrogens is 184 g/mol. The van der Waals surface area contributed by atoms with Crippen molar-refractivity contribution >= 4 is 5.69 Å². The standard InChI is InChI=1S/C13H20N2/c1-2-12-8-10-15(11-9-14-12)13-6-4-3-5-7-13/h3-7,12,14H,2,8-11H2,1H3. The molecule has 1 N–H and O–H groups in total. The topological polar surface area (TPSA) is 15.3 Å². The Hall–Kier alpha value is -1.02. The lowest BCUT2D eigenvalue weighted by molar-refractivity contribution is 0.510. The van der Waals surface area contributed by atoms with Crippen LogP contribution in [-0.4, -0.2) is 25.7 Å². The van der Waals surface area contributed by atoms with E-state index in [1.807, 2.05) is 0 Å². The summed E-state index contributed by atoms with van der Waals surface area (Å²) < 4.78 is 0. The first-order chi connectivity index (χ1) is 7.40. The zero-order valence-corrected chi connectivity index (χ0v) is 9.45. The van der Waals surface area contributed by atoms with E-state index < -0.39 is 0 Å². The molecule has 1 aromatic carbocycles. The monoisotopic (exact) mass is 204 g/mol. The molecule has 0 radical (unpaired) electrons. The lowest BCUT2D eigenvalue weighted by Gasteiger charge is -2.22. The van der Waals surface area contributed by atoms with Gasteiger partial charge in [-0.2, -0.15) is 0 Å². The van der Waals surface area contributed by atoms with Gasteiger partial charge in [-0.1, -0.05) is 25.1 Å². The summed E-state index contributed by atoms with van der Waals surface area (Å²) in [6.45, 7) is 5.67. The summed E-state index contributed by atoms with van der Waals surface area (Å²) in [5.74, 6) is 0. The van der Waals surface area contributed by atoms with Crippen molar-refractivity contribution in [3.63, 3.8) is 0 Å². The Bertz CT molecular complexity index is 284. The second-order valence-corrected chi connectivity index (χ2v) is 4.17. The Kier molecular flexibility index (Phi) is 3.62. The molecule has 2 rings (SSSR count). The van der Waals surface area contributed by atoms with Crippen molar-refractivity contribution in [3.8, 4) is 0 Å². The highest BCUT2D eigenvalue weighted by Gasteiger charge is 2.14. The molecule has 0 spiro atoms. The normalized spacial score (nSPS) is 22.5. The second kappa shape index (κ2) is 5.17. The van der Waals surface area contributed by atoms with Crippen molar-refractivity contribution in [2.45, 2.75) is 25.8 Å². The first kappa shape index (κ1) is 10.5. The van der Waals surface area contributed by atoms with Gasteiger partial charge in [-0.15, -0.1) is 0 Å². The summed E-state index contributed by atoms with van der Waals surface area (Å²) >= 11 is 0. The minimum atomic E-state index is 0.707. The van der Waals surface area contributed by atoms with Crippen LogP contribution in [-0.2, 0) is 0 Å². The number of hydrogen-bond acceptors (Lipinski definition) is 2. The van der Waals surface area contributed by atoms with Crippen LogP contribution in [0.5, 0.6) is 0 Å². The summed E-state index contributed by atoms with van der Waals surface area (Å²) in [6.07, 6.45) is 2.49. The maximum atomic E-state index is 3.59. The predicted octanol–water partition coefficient (Wildman–Crippen LogP) is 2.26. The molecule has 0 saturated carbocycles. The van der Waals surface area contributed by atoms with Gasteiger partial charge in [-0.25, -0.2) is 0 Å². The molecule has 0 aromatic heterocycles. The van der Waals surface area contributed by atoms with Crippen LogP contribution in [0.15, 0.2) is 30.3 Å². The lowest BCUT2D eigenvalue weighted by Crippen LogP contribution is -2.29. The van der Waals surface area contributed by atoms with Gasteiger partial charge in [0.15, 0.2) is 0 Å². The molecule has 0 aliphatic carbocycles. The fraction of sp³-hybridized carbons (Fsp3) is 0.538. The molecule has 1 unspecified atom stereocenters. The zero-order chi connectivity index (χ0) is 10.5. The third kappa shape index (κ3) is 2.72. The summed E-state index contributed by atoms with van der Waals surface area (Å²) in [6, 6.07) is 11.4. The van der Waals surface area contributed by atoms with E-state index >= 15 is 0 Å². The van der Waals surface area contributed by atoms with Crippen molar-refractivity contribution in [2.75, 3.05) is 24.5 Å². The Morgan fingerprint density at radius 3 is 2.80 bits per heavy atom. The zero-order valence-electron chi connectivity index (χ0n) is 9.45. The highest BCUT2D eigenvalue weighted by molar-refractivity contribution is 5.46. The van der Waals surface area contributed by atoms with Crippen LogP contribution < -0.4 is 10.2 Å². The quantitative estimate of drug-likeness (QED) is 0.795. The molecule has 0 bridgehead atoms. The van der Waals surface area contributed by atoms with Gasteiger partial charge >= 0.3 is 0 Å². The van der Waals surface area contributed by atoms with Crippen LogP contribution in [0.3, 0.4) is 0 Å². The summed E-state index contributed by atoms with van der Waals surface area (Å²) in [5, 5.41) is 3.59. The van der Waals surface area contributed by atoms with E-state index in [1.54, 1.807) is 0 Å². The molecule has 82 valence electrons. The maximum Gasteiger partial charge on any atom is 0.0366 e. The van der Waals surface area contributed by atoms with Gasteiger partial charge in [-0.3, -0.25) is 0 Å². The van der Waals surface area contributed by atoms with Crippen molar-refractivity contribution in [1.29, 1.82) is 0 Å². The fourth-order valence-electron chi connectivity index (χ4n) is 2.17. The summed E-state index contributed by atoms with van der Waals surface area (Å²) in [5.41, 5.74) is 1.36. The number of hydrogen-bond donors (Lipinski definition) is 1. The van der Waals surface area contributed by atoms with Crippen LogP contribution in [0.4, 0.5) is 5.69 Å². The smallest absolute Gasteiger partial charge is 0.0366 e. The van der Waals surface area contributed by atoms with Crippen LogP contribution in [0.2, 0.25) is 0 Å². The van der Waals surface area contributed by atoms with Crippen molar-refractivity contribution in [2.24, 2.45) is 0 Å². The molecule has 1 aliphatic heterocycles. The largest absolute Gasteiger partial charge is 0.370 e. The van der Waals surface area contributed by atoms with E-state index in [0.29, 0.717) is 6.04 Å². The van der Waals surface area contributed by atoms with Gasteiger partial charge in [0.05, 0.1) is 0 Å². The number of para-hydroxylation sites is 1. The number of benzene rings is 1. The van der Waals surface area contributed by atoms with Gasteiger partial charge < -0.3 is 10.2 Å². The Labute approximate surface area is 92.3 Å². The first-order valence-corrected chi connectivity index (χ1v) is 5.93. The van der Waals surface area contributed by atoms with Crippen molar-refractivity contribution in [3.05, 3.63) is 30.3 Å². The van der Waals surface area contributed by atoms with Crippen LogP contribution >= 0.6 is 0 Å². The van der Waals surface area contributed by atoms with Crippen LogP contribution in [0.1, 0.15) is 19.8 Å². The molecule has 2 heteroatoms. The van der Waals surface area contributed by atoms with Crippen LogP contribution in [0, 0.1) is 0 Å². The van der Waals surface area contributed by atoms with E-state index in [1.165, 1.54) is 25.1 Å². The average molecular weight is 204 g/mol. The van der Waals surface area contributed by atoms with Gasteiger partial charge in [0.1, 0.15) is 0 Å². The van der Waals surface area contributed by atoms with Crippen molar-refractivity contribution < 1.29 is 0 Å². The van der Waals surface area contributed by atoms with E-state index in [4.69, 9.17) is 0 Å². The van der Waals surface area contributed by atoms with E-state index in [9.17, 15) is 0 Å². The maximum absolute atomic E-state index is 3.59. The summed E-state index contributed by atoms with van der Waals surface area (Å²) in [4.78, 5) is 2.47. The van der Waals surface area contributed by atoms with Gasteiger partial charge in [0.2, 0.25) is 0 Å². The SMILES string of the molecule is CCC1CCN(c2ccccc2)CCN1. The van der Waals surface area contributed by atoms with Crippen molar-refractivity contribution in [1.82, 2.24) is 5.32 Å². The molecule has 1 heterocycles. The predicted molar refractivity (Wildman–Crippen MR) is 65.4 cm³/mol. The first-order valence-electron chi connectivity index (χ1n) is 5.93. The molecule has 15 heavy (non-hydrogen) atoms. The Morgan fingerprint density at radius 1 is 1.27 bits per heavy atom. The number of rotatable bonds is 2. The third-order valence-electron chi connectivity index (χ3n) is 3.18. The third-order valence-corrected chi connectivity index (χ3v) is 3.18. The molecule has 1 fully saturated rings. The highest BCUT2D eigenvalue weighted by atomic mass is 15.2. The Balaban J connectivity index is 2.00. The minimum absolute atomic E-state index is 0.707. The van der Waals surface area contributed by atoms with E-state index in [2.05, 4.69) is 47.5 Å². The van der Waals surface area contributed by atoms with E-state index in [-0.39, 0.29) is 0 Å². The molecule has 0 amide bonds. The summed E-state index contributed by atoms with van der Waals surface area (Å²) in [7, 11) is 0. The molecule has 2 nitrogen and oxygen atoms in total. The second-order valence-electron chi connectivity index (χ2n) is 4.17. The highest BCUT2D eigenvalue weighted by Crippen LogP contribution is 2.15. The molecule has 1 aromatic rings. The molecule has 1 saturated heterocycles. The van der Waals surface area contributed by atoms with Gasteiger partial charge in [0.25, 0.3) is 0 Å². The van der Waals surface area contributed by atoms with Gasteiger partial charge in [0, 0.05) is 31.4 Å². The van der Waals surface area contributed by atoms with Gasteiger partial charge in [-0.05, 0) is 25.0 Å². The number of nitrogens with one attached hydrogen (secondary N) is 1. The lowest BCUT2D eigenvalue weighted by atomic mass is 10.1. The van der Waals surface area contributed by atoms with E-state index in [0.717, 1.165) is 13.1 Å². The molecule has 1 aliphatic rings. The Morgan fingerprint density at radius 2 is 2.07 bits per heavy atom. The molecular formula is C13H20N2. The fourth-order valence-corrected chi connectivity index (χ4v) is 2.17. The number of nitrogens with zero attached hydrogens (tertiary/aromatic N) is 1. The number of anilines is 1. The average Bonchev–Trinajstić information content (AvgIpc) is 2.55. The van der Waals surface area contributed by atoms with Crippen LogP contribution in [0.25, 0.3) is 0 Å².